The van der Waals surface area contributed by atoms with Crippen LogP contribution in [0, 0.1) is 6.92 Å². The molecule has 1 heterocycles. The molecule has 4 heteroatoms. The Hall–Kier alpha value is -2.00. The molecule has 0 aliphatic carbocycles. The van der Waals surface area contributed by atoms with Gasteiger partial charge in [-0.3, -0.25) is 0 Å². The number of nitrogens with zero attached hydrogens (tertiary/aromatic N) is 1. The third-order valence-electron chi connectivity index (χ3n) is 2.74. The topological polar surface area (TPSA) is 52.0 Å². The van der Waals surface area contributed by atoms with E-state index in [1.807, 2.05) is 37.3 Å². The van der Waals surface area contributed by atoms with Gasteiger partial charge in [-0.15, -0.1) is 0 Å². The predicted molar refractivity (Wildman–Crippen MR) is 73.6 cm³/mol. The number of oxazole rings is 1. The Bertz CT molecular complexity index is 713. The zero-order valence-corrected chi connectivity index (χ0v) is 10.5. The second-order valence-corrected chi connectivity index (χ2v) is 4.67. The van der Waals surface area contributed by atoms with Crippen LogP contribution in [-0.2, 0) is 0 Å². The summed E-state index contributed by atoms with van der Waals surface area (Å²) in [6.07, 6.45) is 0. The number of fused-ring (bicyclic) bond motifs is 1. The lowest BCUT2D eigenvalue weighted by atomic mass is 10.1. The zero-order valence-electron chi connectivity index (χ0n) is 9.77. The minimum absolute atomic E-state index is 0.536. The predicted octanol–water partition coefficient (Wildman–Crippen LogP) is 4.04. The zero-order chi connectivity index (χ0) is 12.7. The highest BCUT2D eigenvalue weighted by Crippen LogP contribution is 2.29. The Morgan fingerprint density at radius 1 is 1.22 bits per heavy atom. The summed E-state index contributed by atoms with van der Waals surface area (Å²) in [6, 6.07) is 11.2. The van der Waals surface area contributed by atoms with E-state index in [4.69, 9.17) is 21.8 Å². The quantitative estimate of drug-likeness (QED) is 0.670. The van der Waals surface area contributed by atoms with Crippen molar-refractivity contribution in [2.45, 2.75) is 6.92 Å². The van der Waals surface area contributed by atoms with Crippen molar-refractivity contribution < 1.29 is 4.42 Å². The standard InChI is InChI=1S/C14H11ClN2O/c1-8-5-9(7-10(15)6-8)14-17-13-11(16)3-2-4-12(13)18-14/h2-7H,16H2,1H3. The minimum atomic E-state index is 0.536. The number of halogens is 1. The first kappa shape index (κ1) is 11.1. The number of hydrogen-bond acceptors (Lipinski definition) is 3. The first-order valence-corrected chi connectivity index (χ1v) is 5.94. The lowest BCUT2D eigenvalue weighted by Crippen LogP contribution is -1.85. The molecule has 1 aromatic heterocycles. The normalized spacial score (nSPS) is 11.0. The van der Waals surface area contributed by atoms with E-state index in [0.717, 1.165) is 11.1 Å². The maximum atomic E-state index is 6.04. The number of nitrogen functional groups attached to an aromatic ring is 1. The molecule has 0 unspecified atom stereocenters. The molecule has 3 aromatic rings. The Balaban J connectivity index is 2.22. The minimum Gasteiger partial charge on any atom is -0.436 e. The number of rotatable bonds is 1. The molecule has 0 aliphatic rings. The number of aromatic nitrogens is 1. The molecular weight excluding hydrogens is 248 g/mol. The van der Waals surface area contributed by atoms with E-state index < -0.39 is 0 Å². The summed E-state index contributed by atoms with van der Waals surface area (Å²) in [6.45, 7) is 1.98. The average Bonchev–Trinajstić information content (AvgIpc) is 2.73. The van der Waals surface area contributed by atoms with Crippen LogP contribution in [0.5, 0.6) is 0 Å². The highest BCUT2D eigenvalue weighted by Gasteiger charge is 2.10. The molecule has 0 fully saturated rings. The van der Waals surface area contributed by atoms with Crippen LogP contribution in [0.4, 0.5) is 5.69 Å². The fourth-order valence-electron chi connectivity index (χ4n) is 1.95. The number of hydrogen-bond donors (Lipinski definition) is 1. The first-order valence-electron chi connectivity index (χ1n) is 5.56. The molecule has 0 saturated heterocycles. The van der Waals surface area contributed by atoms with Gasteiger partial charge < -0.3 is 10.2 Å². The molecule has 0 radical (unpaired) electrons. The van der Waals surface area contributed by atoms with E-state index in [-0.39, 0.29) is 0 Å². The van der Waals surface area contributed by atoms with E-state index in [0.29, 0.717) is 27.7 Å². The van der Waals surface area contributed by atoms with Crippen LogP contribution < -0.4 is 5.73 Å². The number of nitrogens with two attached hydrogens (primary N) is 1. The van der Waals surface area contributed by atoms with Gasteiger partial charge in [0.2, 0.25) is 5.89 Å². The monoisotopic (exact) mass is 258 g/mol. The average molecular weight is 259 g/mol. The molecule has 0 atom stereocenters. The highest BCUT2D eigenvalue weighted by atomic mass is 35.5. The molecule has 3 rings (SSSR count). The van der Waals surface area contributed by atoms with Gasteiger partial charge in [-0.1, -0.05) is 17.7 Å². The van der Waals surface area contributed by atoms with Gasteiger partial charge >= 0.3 is 0 Å². The van der Waals surface area contributed by atoms with Gasteiger partial charge in [-0.05, 0) is 42.8 Å². The Labute approximate surface area is 109 Å². The van der Waals surface area contributed by atoms with Crippen molar-refractivity contribution in [3.63, 3.8) is 0 Å². The van der Waals surface area contributed by atoms with Gasteiger partial charge in [0.05, 0.1) is 5.69 Å². The Kier molecular flexibility index (Phi) is 2.49. The molecule has 2 N–H and O–H groups in total. The Morgan fingerprint density at radius 2 is 2.06 bits per heavy atom. The molecule has 0 aliphatic heterocycles. The van der Waals surface area contributed by atoms with E-state index in [1.54, 1.807) is 6.07 Å². The first-order chi connectivity index (χ1) is 8.63. The molecule has 2 aromatic carbocycles. The van der Waals surface area contributed by atoms with Crippen molar-refractivity contribution in [1.82, 2.24) is 4.98 Å². The van der Waals surface area contributed by atoms with Gasteiger partial charge in [0.15, 0.2) is 5.58 Å². The highest BCUT2D eigenvalue weighted by molar-refractivity contribution is 6.30. The second kappa shape index (κ2) is 4.03. The van der Waals surface area contributed by atoms with Crippen LogP contribution in [0.15, 0.2) is 40.8 Å². The van der Waals surface area contributed by atoms with Gasteiger partial charge in [0, 0.05) is 10.6 Å². The largest absolute Gasteiger partial charge is 0.436 e. The molecule has 18 heavy (non-hydrogen) atoms. The summed E-state index contributed by atoms with van der Waals surface area (Å²) in [7, 11) is 0. The summed E-state index contributed by atoms with van der Waals surface area (Å²) >= 11 is 6.04. The van der Waals surface area contributed by atoms with Crippen LogP contribution in [0.25, 0.3) is 22.6 Å². The number of aryl methyl sites for hydroxylation is 1. The summed E-state index contributed by atoms with van der Waals surface area (Å²) in [5.41, 5.74) is 9.76. The van der Waals surface area contributed by atoms with Crippen molar-refractivity contribution in [3.8, 4) is 11.5 Å². The fraction of sp³-hybridized carbons (Fsp3) is 0.0714. The lowest BCUT2D eigenvalue weighted by molar-refractivity contribution is 0.620. The molecule has 0 spiro atoms. The number of para-hydroxylation sites is 1. The van der Waals surface area contributed by atoms with Gasteiger partial charge in [-0.2, -0.15) is 0 Å². The smallest absolute Gasteiger partial charge is 0.227 e. The third kappa shape index (κ3) is 1.83. The van der Waals surface area contributed by atoms with Crippen molar-refractivity contribution in [2.24, 2.45) is 0 Å². The molecule has 90 valence electrons. The Morgan fingerprint density at radius 3 is 2.78 bits per heavy atom. The summed E-state index contributed by atoms with van der Waals surface area (Å²) in [5, 5.41) is 0.667. The van der Waals surface area contributed by atoms with Crippen molar-refractivity contribution in [1.29, 1.82) is 0 Å². The maximum Gasteiger partial charge on any atom is 0.227 e. The van der Waals surface area contributed by atoms with Crippen molar-refractivity contribution in [2.75, 3.05) is 5.73 Å². The van der Waals surface area contributed by atoms with E-state index in [2.05, 4.69) is 4.98 Å². The molecule has 0 bridgehead atoms. The summed E-state index contributed by atoms with van der Waals surface area (Å²) in [4.78, 5) is 4.41. The summed E-state index contributed by atoms with van der Waals surface area (Å²) < 4.78 is 5.70. The van der Waals surface area contributed by atoms with E-state index in [1.165, 1.54) is 0 Å². The van der Waals surface area contributed by atoms with Gasteiger partial charge in [0.25, 0.3) is 0 Å². The number of benzene rings is 2. The lowest BCUT2D eigenvalue weighted by Gasteiger charge is -1.98. The van der Waals surface area contributed by atoms with Crippen LogP contribution >= 0.6 is 11.6 Å². The summed E-state index contributed by atoms with van der Waals surface area (Å²) in [5.74, 6) is 0.536. The molecule has 3 nitrogen and oxygen atoms in total. The van der Waals surface area contributed by atoms with Gasteiger partial charge in [-0.25, -0.2) is 4.98 Å². The van der Waals surface area contributed by atoms with Crippen LogP contribution in [-0.4, -0.2) is 4.98 Å². The molecule has 0 amide bonds. The van der Waals surface area contributed by atoms with E-state index >= 15 is 0 Å². The SMILES string of the molecule is Cc1cc(Cl)cc(-c2nc3c(N)cccc3o2)c1. The van der Waals surface area contributed by atoms with Crippen molar-refractivity contribution in [3.05, 3.63) is 47.0 Å². The second-order valence-electron chi connectivity index (χ2n) is 4.23. The van der Waals surface area contributed by atoms with Crippen molar-refractivity contribution >= 4 is 28.4 Å². The van der Waals surface area contributed by atoms with Crippen LogP contribution in [0.3, 0.4) is 0 Å². The number of anilines is 1. The van der Waals surface area contributed by atoms with Gasteiger partial charge in [0.1, 0.15) is 5.52 Å². The third-order valence-corrected chi connectivity index (χ3v) is 2.96. The van der Waals surface area contributed by atoms with Crippen LogP contribution in [0.1, 0.15) is 5.56 Å². The molecule has 0 saturated carbocycles. The van der Waals surface area contributed by atoms with E-state index in [9.17, 15) is 0 Å². The van der Waals surface area contributed by atoms with Crippen LogP contribution in [0.2, 0.25) is 5.02 Å². The molecular formula is C14H11ClN2O. The maximum absolute atomic E-state index is 6.04. The fourth-order valence-corrected chi connectivity index (χ4v) is 2.24.